The summed E-state index contributed by atoms with van der Waals surface area (Å²) in [6, 6.07) is 8.45. The monoisotopic (exact) mass is 302 g/mol. The van der Waals surface area contributed by atoms with Crippen molar-refractivity contribution in [3.8, 4) is 0 Å². The largest absolute Gasteiger partial charge is 0.370 e. The highest BCUT2D eigenvalue weighted by atomic mass is 16.5. The molecule has 4 nitrogen and oxygen atoms in total. The zero-order chi connectivity index (χ0) is 15.7. The Morgan fingerprint density at radius 1 is 1.36 bits per heavy atom. The molecule has 3 unspecified atom stereocenters. The van der Waals surface area contributed by atoms with Crippen molar-refractivity contribution in [2.75, 3.05) is 26.2 Å². The Morgan fingerprint density at radius 2 is 2.09 bits per heavy atom. The van der Waals surface area contributed by atoms with E-state index in [2.05, 4.69) is 38.2 Å². The Balaban J connectivity index is 1.73. The third-order valence-corrected chi connectivity index (χ3v) is 5.16. The lowest BCUT2D eigenvalue weighted by molar-refractivity contribution is -0.150. The van der Waals surface area contributed by atoms with Crippen LogP contribution in [0.25, 0.3) is 0 Å². The van der Waals surface area contributed by atoms with Gasteiger partial charge in [0.1, 0.15) is 6.10 Å². The second-order valence-corrected chi connectivity index (χ2v) is 6.73. The van der Waals surface area contributed by atoms with Gasteiger partial charge in [0.05, 0.1) is 19.2 Å². The van der Waals surface area contributed by atoms with Crippen molar-refractivity contribution in [3.05, 3.63) is 35.4 Å². The molecule has 0 bridgehead atoms. The smallest absolute Gasteiger partial charge is 0.226 e. The Morgan fingerprint density at radius 3 is 2.73 bits per heavy atom. The van der Waals surface area contributed by atoms with Crippen molar-refractivity contribution in [2.24, 2.45) is 11.8 Å². The molecule has 1 aromatic carbocycles. The number of carbonyl (C=O) groups is 1. The first-order valence-corrected chi connectivity index (χ1v) is 8.26. The number of nitrogens with one attached hydrogen (secondary N) is 1. The van der Waals surface area contributed by atoms with Gasteiger partial charge >= 0.3 is 0 Å². The molecular weight excluding hydrogens is 276 g/mol. The average Bonchev–Trinajstić information content (AvgIpc) is 2.46. The van der Waals surface area contributed by atoms with Crippen LogP contribution in [0.2, 0.25) is 0 Å². The van der Waals surface area contributed by atoms with E-state index >= 15 is 0 Å². The molecular formula is C18H26N2O2. The van der Waals surface area contributed by atoms with Crippen LogP contribution in [0.4, 0.5) is 0 Å². The minimum atomic E-state index is -0.00642. The van der Waals surface area contributed by atoms with E-state index in [-0.39, 0.29) is 24.0 Å². The van der Waals surface area contributed by atoms with Gasteiger partial charge in [-0.1, -0.05) is 31.2 Å². The number of carbonyl (C=O) groups excluding carboxylic acids is 1. The van der Waals surface area contributed by atoms with Gasteiger partial charge in [-0.15, -0.1) is 0 Å². The van der Waals surface area contributed by atoms with Crippen LogP contribution in [0, 0.1) is 18.8 Å². The first-order chi connectivity index (χ1) is 10.6. The molecule has 3 rings (SSSR count). The predicted molar refractivity (Wildman–Crippen MR) is 86.6 cm³/mol. The molecule has 3 atom stereocenters. The summed E-state index contributed by atoms with van der Waals surface area (Å²) in [5.41, 5.74) is 2.43. The second kappa shape index (κ2) is 6.39. The third kappa shape index (κ3) is 2.90. The standard InChI is InChI=1S/C18H26N2O2/c1-12-6-4-5-7-16(12)17-10-20(13(2)11-22-17)18(21)14(3)15-8-19-9-15/h4-7,13-15,17,19H,8-11H2,1-3H3. The zero-order valence-corrected chi connectivity index (χ0v) is 13.7. The number of hydrogen-bond donors (Lipinski definition) is 1. The maximum Gasteiger partial charge on any atom is 0.226 e. The van der Waals surface area contributed by atoms with E-state index in [1.165, 1.54) is 11.1 Å². The number of morpholine rings is 1. The van der Waals surface area contributed by atoms with Crippen LogP contribution in [0.1, 0.15) is 31.1 Å². The Hall–Kier alpha value is -1.39. The normalized spacial score (nSPS) is 27.3. The second-order valence-electron chi connectivity index (χ2n) is 6.73. The van der Waals surface area contributed by atoms with Gasteiger partial charge in [0.25, 0.3) is 0 Å². The first kappa shape index (κ1) is 15.5. The fraction of sp³-hybridized carbons (Fsp3) is 0.611. The summed E-state index contributed by atoms with van der Waals surface area (Å²) < 4.78 is 6.01. The highest BCUT2D eigenvalue weighted by Crippen LogP contribution is 2.29. The first-order valence-electron chi connectivity index (χ1n) is 8.26. The number of nitrogens with zero attached hydrogens (tertiary/aromatic N) is 1. The average molecular weight is 302 g/mol. The van der Waals surface area contributed by atoms with E-state index in [4.69, 9.17) is 4.74 Å². The molecule has 2 fully saturated rings. The van der Waals surface area contributed by atoms with Gasteiger partial charge in [0, 0.05) is 5.92 Å². The Kier molecular flexibility index (Phi) is 4.50. The van der Waals surface area contributed by atoms with Gasteiger partial charge in [-0.2, -0.15) is 0 Å². The lowest BCUT2D eigenvalue weighted by atomic mass is 9.87. The summed E-state index contributed by atoms with van der Waals surface area (Å²) in [4.78, 5) is 14.9. The molecule has 22 heavy (non-hydrogen) atoms. The number of ether oxygens (including phenoxy) is 1. The highest BCUT2D eigenvalue weighted by Gasteiger charge is 2.37. The van der Waals surface area contributed by atoms with Gasteiger partial charge < -0.3 is 15.0 Å². The van der Waals surface area contributed by atoms with Crippen LogP contribution in [-0.4, -0.2) is 43.1 Å². The van der Waals surface area contributed by atoms with Crippen LogP contribution in [0.5, 0.6) is 0 Å². The summed E-state index contributed by atoms with van der Waals surface area (Å²) in [6.07, 6.45) is -0.00642. The van der Waals surface area contributed by atoms with E-state index in [1.807, 2.05) is 17.0 Å². The van der Waals surface area contributed by atoms with E-state index in [0.717, 1.165) is 13.1 Å². The molecule has 2 heterocycles. The molecule has 1 amide bonds. The van der Waals surface area contributed by atoms with E-state index in [9.17, 15) is 4.79 Å². The number of hydrogen-bond acceptors (Lipinski definition) is 3. The minimum absolute atomic E-state index is 0.00642. The SMILES string of the molecule is Cc1ccccc1C1CN(C(=O)C(C)C2CNC2)C(C)CO1. The molecule has 2 aliphatic rings. The van der Waals surface area contributed by atoms with Gasteiger partial charge in [-0.05, 0) is 44.0 Å². The summed E-state index contributed by atoms with van der Waals surface area (Å²) in [6.45, 7) is 9.46. The maximum atomic E-state index is 12.8. The molecule has 1 N–H and O–H groups in total. The topological polar surface area (TPSA) is 41.6 Å². The Labute approximate surface area is 132 Å². The number of rotatable bonds is 3. The predicted octanol–water partition coefficient (Wildman–Crippen LogP) is 2.14. The van der Waals surface area contributed by atoms with Gasteiger partial charge in [0.2, 0.25) is 5.91 Å². The Bertz CT molecular complexity index is 542. The summed E-state index contributed by atoms with van der Waals surface area (Å²) >= 11 is 0. The van der Waals surface area contributed by atoms with Crippen molar-refractivity contribution in [2.45, 2.75) is 32.9 Å². The molecule has 2 saturated heterocycles. The third-order valence-electron chi connectivity index (χ3n) is 5.16. The maximum absolute atomic E-state index is 12.8. The van der Waals surface area contributed by atoms with E-state index in [1.54, 1.807) is 0 Å². The van der Waals surface area contributed by atoms with Crippen LogP contribution >= 0.6 is 0 Å². The fourth-order valence-electron chi connectivity index (χ4n) is 3.33. The van der Waals surface area contributed by atoms with Crippen LogP contribution in [0.15, 0.2) is 24.3 Å². The molecule has 0 aromatic heterocycles. The molecule has 4 heteroatoms. The van der Waals surface area contributed by atoms with Crippen molar-refractivity contribution >= 4 is 5.91 Å². The molecule has 0 aliphatic carbocycles. The van der Waals surface area contributed by atoms with Crippen molar-refractivity contribution in [1.82, 2.24) is 10.2 Å². The van der Waals surface area contributed by atoms with Gasteiger partial charge in [0.15, 0.2) is 0 Å². The van der Waals surface area contributed by atoms with Crippen LogP contribution in [0.3, 0.4) is 0 Å². The van der Waals surface area contributed by atoms with Gasteiger partial charge in [-0.3, -0.25) is 4.79 Å². The van der Waals surface area contributed by atoms with E-state index in [0.29, 0.717) is 19.1 Å². The molecule has 0 spiro atoms. The lowest BCUT2D eigenvalue weighted by Gasteiger charge is -2.42. The van der Waals surface area contributed by atoms with Crippen LogP contribution in [-0.2, 0) is 9.53 Å². The summed E-state index contributed by atoms with van der Waals surface area (Å²) in [7, 11) is 0. The molecule has 1 aromatic rings. The number of amides is 1. The number of aryl methyl sites for hydroxylation is 1. The minimum Gasteiger partial charge on any atom is -0.370 e. The molecule has 2 aliphatic heterocycles. The van der Waals surface area contributed by atoms with E-state index < -0.39 is 0 Å². The lowest BCUT2D eigenvalue weighted by Crippen LogP contribution is -2.55. The zero-order valence-electron chi connectivity index (χ0n) is 13.7. The summed E-state index contributed by atoms with van der Waals surface area (Å²) in [5, 5.41) is 3.26. The highest BCUT2D eigenvalue weighted by molar-refractivity contribution is 5.79. The summed E-state index contributed by atoms with van der Waals surface area (Å²) in [5.74, 6) is 0.861. The molecule has 0 radical (unpaired) electrons. The molecule has 120 valence electrons. The number of benzene rings is 1. The van der Waals surface area contributed by atoms with Crippen molar-refractivity contribution in [1.29, 1.82) is 0 Å². The van der Waals surface area contributed by atoms with Gasteiger partial charge in [-0.25, -0.2) is 0 Å². The van der Waals surface area contributed by atoms with Crippen molar-refractivity contribution < 1.29 is 9.53 Å². The fourth-order valence-corrected chi connectivity index (χ4v) is 3.33. The quantitative estimate of drug-likeness (QED) is 0.930. The van der Waals surface area contributed by atoms with Crippen molar-refractivity contribution in [3.63, 3.8) is 0 Å². The molecule has 0 saturated carbocycles. The van der Waals surface area contributed by atoms with Crippen LogP contribution < -0.4 is 5.32 Å².